The van der Waals surface area contributed by atoms with Crippen molar-refractivity contribution >= 4 is 34.7 Å². The van der Waals surface area contributed by atoms with Crippen molar-refractivity contribution in [2.45, 2.75) is 36.3 Å². The van der Waals surface area contributed by atoms with Gasteiger partial charge in [-0.25, -0.2) is 13.2 Å². The van der Waals surface area contributed by atoms with Gasteiger partial charge in [-0.3, -0.25) is 38.7 Å². The van der Waals surface area contributed by atoms with Crippen LogP contribution in [0.15, 0.2) is 48.8 Å². The van der Waals surface area contributed by atoms with Gasteiger partial charge in [-0.2, -0.15) is 65.9 Å². The Labute approximate surface area is 316 Å². The molecule has 2 aromatic heterocycles. The van der Waals surface area contributed by atoms with Crippen molar-refractivity contribution in [2.24, 2.45) is 0 Å². The van der Waals surface area contributed by atoms with Gasteiger partial charge in [0.25, 0.3) is 0 Å². The van der Waals surface area contributed by atoms with Crippen LogP contribution in [0, 0.1) is 49.4 Å². The number of pyridine rings is 2. The van der Waals surface area contributed by atoms with E-state index in [1.165, 1.54) is 0 Å². The van der Waals surface area contributed by atoms with Crippen LogP contribution in [0.1, 0.15) is 0 Å². The summed E-state index contributed by atoms with van der Waals surface area (Å²) in [5, 5.41) is 0. The molecule has 0 aromatic carbocycles. The molecule has 0 unspecified atom stereocenters. The maximum atomic E-state index is 12.0. The van der Waals surface area contributed by atoms with Crippen molar-refractivity contribution in [3.63, 3.8) is 0 Å². The first-order chi connectivity index (χ1) is 22.9. The number of ketones is 6. The third kappa shape index (κ3) is 16.5. The van der Waals surface area contributed by atoms with Gasteiger partial charge in [-0.05, 0) is 24.3 Å². The van der Waals surface area contributed by atoms with E-state index in [-0.39, 0.29) is 49.4 Å². The summed E-state index contributed by atoms with van der Waals surface area (Å²) >= 11 is 0. The Bertz CT molecular complexity index is 1340. The molecule has 0 fully saturated rings. The summed E-state index contributed by atoms with van der Waals surface area (Å²) in [6.07, 6.45) is -14.0. The van der Waals surface area contributed by atoms with Gasteiger partial charge in [0.2, 0.25) is 17.3 Å². The average molecular weight is 932 g/mol. The number of carbonyl (C=O) groups excluding carboxylic acids is 6. The van der Waals surface area contributed by atoms with E-state index in [1.807, 2.05) is 36.4 Å². The summed E-state index contributed by atoms with van der Waals surface area (Å²) < 4.78 is 208. The van der Waals surface area contributed by atoms with Gasteiger partial charge in [0.1, 0.15) is 0 Å². The van der Waals surface area contributed by atoms with E-state index in [0.29, 0.717) is 0 Å². The van der Waals surface area contributed by atoms with E-state index in [2.05, 4.69) is 9.97 Å². The zero-order valence-electron chi connectivity index (χ0n) is 24.3. The number of aromatic nitrogens is 2. The molecule has 0 bridgehead atoms. The summed E-state index contributed by atoms with van der Waals surface area (Å²) in [5.41, 5.74) is 1.83. The molecule has 8 nitrogen and oxygen atoms in total. The van der Waals surface area contributed by atoms with E-state index in [0.717, 1.165) is 11.4 Å². The summed E-state index contributed by atoms with van der Waals surface area (Å²) in [6, 6.07) is 11.6. The quantitative estimate of drug-likeness (QED) is 0.209. The molecule has 0 amide bonds. The fourth-order valence-electron chi connectivity index (χ4n) is 2.19. The molecule has 0 spiro atoms. The van der Waals surface area contributed by atoms with E-state index in [9.17, 15) is 108 Å². The number of hydrogen-bond acceptors (Lipinski definition) is 8. The molecule has 2 heterocycles. The monoisotopic (exact) mass is 933 g/mol. The van der Waals surface area contributed by atoms with Gasteiger partial charge in [0.05, 0.1) is 11.4 Å². The van der Waals surface area contributed by atoms with Crippen LogP contribution in [0.3, 0.4) is 0 Å². The van der Waals surface area contributed by atoms with Gasteiger partial charge in [-0.1, -0.05) is 12.1 Å². The summed E-state index contributed by atoms with van der Waals surface area (Å²) in [5.74, 6) is -34.7. The maximum absolute atomic E-state index is 12.0. The molecule has 0 saturated carbocycles. The van der Waals surface area contributed by atoms with Crippen molar-refractivity contribution in [1.29, 1.82) is 0 Å². The molecule has 1 radical (unpaired) electrons. The predicted molar refractivity (Wildman–Crippen MR) is 128 cm³/mol. The summed E-state index contributed by atoms with van der Waals surface area (Å²) in [7, 11) is 0. The van der Waals surface area contributed by atoms with Crippen molar-refractivity contribution in [1.82, 2.24) is 9.97 Å². The van der Waals surface area contributed by atoms with Gasteiger partial charge in [0.15, 0.2) is 20.0 Å². The fraction of sp³-hybridized carbons (Fsp3) is 0.360. The smallest absolute Gasteiger partial charge is 0.289 e. The number of hydrogen-bond donors (Lipinski definition) is 0. The SMILES string of the molecule is O=C(CF)C(F)(F)C(=O)C(F)(F)F.O=C(CF)C(F)(F)C(=O)C(F)(F)F.O=C(CF)C(F)(F)C(=O)C(F)(F)F.[Eu].c1ccc(-c2ccccn2)nc1. The molecule has 0 N–H and O–H groups in total. The molecule has 0 aliphatic heterocycles. The van der Waals surface area contributed by atoms with Gasteiger partial charge in [0, 0.05) is 61.8 Å². The van der Waals surface area contributed by atoms with E-state index in [1.54, 1.807) is 12.4 Å². The second kappa shape index (κ2) is 21.4. The molecule has 52 heavy (non-hydrogen) atoms. The molecule has 2 aromatic rings. The van der Waals surface area contributed by atoms with Gasteiger partial charge < -0.3 is 0 Å². The van der Waals surface area contributed by atoms with Crippen LogP contribution in [0.4, 0.5) is 79.0 Å². The molecule has 2 rings (SSSR count). The van der Waals surface area contributed by atoms with E-state index < -0.39 is 91.0 Å². The van der Waals surface area contributed by atoms with Crippen LogP contribution < -0.4 is 0 Å². The largest absolute Gasteiger partial charge is 0.456 e. The van der Waals surface area contributed by atoms with Crippen LogP contribution >= 0.6 is 0 Å². The van der Waals surface area contributed by atoms with Gasteiger partial charge >= 0.3 is 53.6 Å². The molecule has 27 heteroatoms. The van der Waals surface area contributed by atoms with Crippen LogP contribution in [-0.4, -0.2) is 101 Å². The first kappa shape index (κ1) is 53.0. The first-order valence-corrected chi connectivity index (χ1v) is 12.0. The normalized spacial score (nSPS) is 11.8. The summed E-state index contributed by atoms with van der Waals surface area (Å²) in [4.78, 5) is 67.5. The van der Waals surface area contributed by atoms with Crippen molar-refractivity contribution < 1.29 is 157 Å². The predicted octanol–water partition coefficient (Wildman–Crippen LogP) is 6.02. The minimum absolute atomic E-state index is 0. The minimum Gasteiger partial charge on any atom is -0.289 e. The number of nitrogens with zero attached hydrogens (tertiary/aromatic N) is 2. The number of halogens is 18. The minimum atomic E-state index is -5.85. The zero-order chi connectivity index (χ0) is 40.8. The molecular formula is C25H14EuF18N2O6. The number of alkyl halides is 18. The average Bonchev–Trinajstić information content (AvgIpc) is 3.06. The third-order valence-electron chi connectivity index (χ3n) is 4.63. The molecule has 0 saturated heterocycles. The van der Waals surface area contributed by atoms with Gasteiger partial charge in [-0.15, -0.1) is 0 Å². The van der Waals surface area contributed by atoms with Crippen LogP contribution in [0.5, 0.6) is 0 Å². The van der Waals surface area contributed by atoms with Crippen molar-refractivity contribution in [2.75, 3.05) is 20.0 Å². The maximum Gasteiger partial charge on any atom is 0.456 e. The van der Waals surface area contributed by atoms with E-state index in [4.69, 9.17) is 0 Å². The Balaban J connectivity index is -0.000000612. The van der Waals surface area contributed by atoms with Crippen molar-refractivity contribution in [3.05, 3.63) is 48.8 Å². The molecular weight excluding hydrogens is 918 g/mol. The fourth-order valence-corrected chi connectivity index (χ4v) is 2.19. The number of rotatable bonds is 10. The second-order valence-electron chi connectivity index (χ2n) is 8.30. The van der Waals surface area contributed by atoms with Crippen LogP contribution in [-0.2, 0) is 28.8 Å². The van der Waals surface area contributed by atoms with E-state index >= 15 is 0 Å². The Hall–Kier alpha value is -3.36. The Kier molecular flexibility index (Phi) is 21.8. The zero-order valence-corrected chi connectivity index (χ0v) is 26.7. The topological polar surface area (TPSA) is 128 Å². The molecule has 0 aliphatic carbocycles. The Morgan fingerprint density at radius 1 is 0.423 bits per heavy atom. The van der Waals surface area contributed by atoms with Crippen LogP contribution in [0.2, 0.25) is 0 Å². The number of carbonyl (C=O) groups is 6. The number of Topliss-reactive ketones (excluding diaryl/α,β-unsaturated/α-hetero) is 6. The Morgan fingerprint density at radius 3 is 0.769 bits per heavy atom. The van der Waals surface area contributed by atoms with Crippen LogP contribution in [0.25, 0.3) is 11.4 Å². The molecule has 0 atom stereocenters. The van der Waals surface area contributed by atoms with Crippen molar-refractivity contribution in [3.8, 4) is 11.4 Å². The Morgan fingerprint density at radius 2 is 0.635 bits per heavy atom. The first-order valence-electron chi connectivity index (χ1n) is 12.0. The standard InChI is InChI=1S/C10H8N2.3C5H2F6O2.Eu/c1-3-7-11-9(5-1)10-6-2-4-8-12-10;3*6-1-2(12)4(7,8)3(13)5(9,10)11;/h1-8H;3*1H2;. The summed E-state index contributed by atoms with van der Waals surface area (Å²) in [6.45, 7) is -6.97. The second-order valence-corrected chi connectivity index (χ2v) is 8.30. The molecule has 293 valence electrons. The third-order valence-corrected chi connectivity index (χ3v) is 4.63. The molecule has 0 aliphatic rings.